The number of amides is 1. The second-order valence-corrected chi connectivity index (χ2v) is 9.60. The van der Waals surface area contributed by atoms with Crippen molar-refractivity contribution < 1.29 is 14.3 Å². The Morgan fingerprint density at radius 3 is 2.42 bits per heavy atom. The van der Waals surface area contributed by atoms with E-state index in [0.717, 1.165) is 16.8 Å². The van der Waals surface area contributed by atoms with Crippen molar-refractivity contribution in [1.82, 2.24) is 15.2 Å². The number of ether oxygens (including phenoxy) is 2. The molecule has 1 aliphatic heterocycles. The molecule has 7 nitrogen and oxygen atoms in total. The number of benzene rings is 3. The number of hydrazone groups is 1. The summed E-state index contributed by atoms with van der Waals surface area (Å²) in [6.45, 7) is 7.46. The maximum atomic E-state index is 12.7. The predicted molar refractivity (Wildman–Crippen MR) is 140 cm³/mol. The van der Waals surface area contributed by atoms with Crippen LogP contribution in [0.15, 0.2) is 84.1 Å². The first-order chi connectivity index (χ1) is 17.4. The van der Waals surface area contributed by atoms with Crippen LogP contribution in [0, 0.1) is 0 Å². The number of aromatic nitrogens is 2. The Morgan fingerprint density at radius 2 is 1.69 bits per heavy atom. The van der Waals surface area contributed by atoms with Crippen LogP contribution in [0.1, 0.15) is 42.3 Å². The molecule has 0 unspecified atom stereocenters. The molecule has 0 spiro atoms. The molecular weight excluding hydrogens is 452 g/mol. The second kappa shape index (κ2) is 9.70. The van der Waals surface area contributed by atoms with Crippen LogP contribution in [0.3, 0.4) is 0 Å². The summed E-state index contributed by atoms with van der Waals surface area (Å²) in [6.07, 6.45) is 3.50. The smallest absolute Gasteiger partial charge is 0.271 e. The number of carbonyl (C=O) groups is 1. The highest BCUT2D eigenvalue weighted by Gasteiger charge is 2.17. The Kier molecular flexibility index (Phi) is 6.29. The van der Waals surface area contributed by atoms with Gasteiger partial charge in [-0.1, -0.05) is 51.1 Å². The summed E-state index contributed by atoms with van der Waals surface area (Å²) in [4.78, 5) is 12.7. The summed E-state index contributed by atoms with van der Waals surface area (Å²) in [5.74, 6) is 1.12. The molecule has 4 aromatic rings. The summed E-state index contributed by atoms with van der Waals surface area (Å²) in [5.41, 5.74) is 7.61. The summed E-state index contributed by atoms with van der Waals surface area (Å²) in [7, 11) is 0. The standard InChI is InChI=1S/C29H28N4O3/c1-29(2,3)23-12-9-20(10-13-23)28(34)31-30-18-22-19-33(24-7-5-4-6-8-24)32-27(22)21-11-14-25-26(17-21)36-16-15-35-25/h4-14,17-19H,15-16H2,1-3H3,(H,31,34). The minimum absolute atomic E-state index is 0.0241. The van der Waals surface area contributed by atoms with Crippen molar-refractivity contribution in [3.05, 3.63) is 95.7 Å². The molecule has 0 aliphatic carbocycles. The third-order valence-corrected chi connectivity index (χ3v) is 5.96. The van der Waals surface area contributed by atoms with Crippen molar-refractivity contribution in [3.63, 3.8) is 0 Å². The van der Waals surface area contributed by atoms with Gasteiger partial charge in [0.1, 0.15) is 18.9 Å². The molecule has 0 saturated heterocycles. The van der Waals surface area contributed by atoms with Gasteiger partial charge in [-0.25, -0.2) is 10.1 Å². The van der Waals surface area contributed by atoms with Crippen LogP contribution >= 0.6 is 0 Å². The molecule has 1 aliphatic rings. The van der Waals surface area contributed by atoms with E-state index in [1.165, 1.54) is 5.56 Å². The van der Waals surface area contributed by atoms with E-state index < -0.39 is 0 Å². The van der Waals surface area contributed by atoms with Gasteiger partial charge < -0.3 is 9.47 Å². The van der Waals surface area contributed by atoms with E-state index in [1.54, 1.807) is 10.9 Å². The largest absolute Gasteiger partial charge is 0.486 e. The Morgan fingerprint density at radius 1 is 0.972 bits per heavy atom. The number of hydrogen-bond donors (Lipinski definition) is 1. The first-order valence-electron chi connectivity index (χ1n) is 11.9. The van der Waals surface area contributed by atoms with Gasteiger partial charge in [-0.15, -0.1) is 0 Å². The molecule has 0 saturated carbocycles. The molecule has 7 heteroatoms. The van der Waals surface area contributed by atoms with Crippen molar-refractivity contribution in [3.8, 4) is 28.4 Å². The van der Waals surface area contributed by atoms with Gasteiger partial charge in [0.25, 0.3) is 5.91 Å². The van der Waals surface area contributed by atoms with E-state index in [9.17, 15) is 4.79 Å². The maximum Gasteiger partial charge on any atom is 0.271 e. The third-order valence-electron chi connectivity index (χ3n) is 5.96. The highest BCUT2D eigenvalue weighted by atomic mass is 16.6. The van der Waals surface area contributed by atoms with Crippen LogP contribution in [0.5, 0.6) is 11.5 Å². The van der Waals surface area contributed by atoms with Crippen LogP contribution in [0.4, 0.5) is 0 Å². The number of hydrogen-bond acceptors (Lipinski definition) is 5. The van der Waals surface area contributed by atoms with Crippen LogP contribution in [0.2, 0.25) is 0 Å². The predicted octanol–water partition coefficient (Wildman–Crippen LogP) is 5.37. The molecule has 1 amide bonds. The SMILES string of the molecule is CC(C)(C)c1ccc(C(=O)NN=Cc2cn(-c3ccccc3)nc2-c2ccc3c(c2)OCCO3)cc1. The van der Waals surface area contributed by atoms with Gasteiger partial charge in [-0.2, -0.15) is 10.2 Å². The first-order valence-corrected chi connectivity index (χ1v) is 11.9. The fourth-order valence-corrected chi connectivity index (χ4v) is 3.96. The summed E-state index contributed by atoms with van der Waals surface area (Å²) in [6, 6.07) is 23.2. The summed E-state index contributed by atoms with van der Waals surface area (Å²) in [5, 5.41) is 9.04. The zero-order valence-corrected chi connectivity index (χ0v) is 20.6. The molecule has 36 heavy (non-hydrogen) atoms. The fraction of sp³-hybridized carbons (Fsp3) is 0.207. The van der Waals surface area contributed by atoms with Crippen molar-refractivity contribution in [2.24, 2.45) is 5.10 Å². The van der Waals surface area contributed by atoms with Gasteiger partial charge in [0, 0.05) is 22.9 Å². The number of carbonyl (C=O) groups excluding carboxylic acids is 1. The summed E-state index contributed by atoms with van der Waals surface area (Å²) >= 11 is 0. The van der Waals surface area contributed by atoms with E-state index in [-0.39, 0.29) is 11.3 Å². The zero-order valence-electron chi connectivity index (χ0n) is 20.6. The molecule has 0 radical (unpaired) electrons. The topological polar surface area (TPSA) is 77.7 Å². The lowest BCUT2D eigenvalue weighted by molar-refractivity contribution is 0.0955. The molecule has 0 atom stereocenters. The summed E-state index contributed by atoms with van der Waals surface area (Å²) < 4.78 is 13.2. The van der Waals surface area contributed by atoms with Gasteiger partial charge in [0.15, 0.2) is 11.5 Å². The van der Waals surface area contributed by atoms with Gasteiger partial charge in [-0.3, -0.25) is 4.79 Å². The van der Waals surface area contributed by atoms with E-state index in [1.807, 2.05) is 79.0 Å². The average molecular weight is 481 g/mol. The van der Waals surface area contributed by atoms with Gasteiger partial charge in [0.2, 0.25) is 0 Å². The number of para-hydroxylation sites is 1. The maximum absolute atomic E-state index is 12.7. The third kappa shape index (κ3) is 5.00. The number of nitrogens with one attached hydrogen (secondary N) is 1. The lowest BCUT2D eigenvalue weighted by atomic mass is 9.87. The zero-order chi connectivity index (χ0) is 25.1. The van der Waals surface area contributed by atoms with Crippen molar-refractivity contribution >= 4 is 12.1 Å². The van der Waals surface area contributed by atoms with Crippen LogP contribution in [0.25, 0.3) is 16.9 Å². The van der Waals surface area contributed by atoms with Gasteiger partial charge in [-0.05, 0) is 53.4 Å². The molecule has 182 valence electrons. The fourth-order valence-electron chi connectivity index (χ4n) is 3.96. The van der Waals surface area contributed by atoms with Crippen molar-refractivity contribution in [1.29, 1.82) is 0 Å². The van der Waals surface area contributed by atoms with Gasteiger partial charge in [0.05, 0.1) is 11.9 Å². The Balaban J connectivity index is 1.42. The highest BCUT2D eigenvalue weighted by Crippen LogP contribution is 2.35. The molecule has 1 N–H and O–H groups in total. The molecule has 0 fully saturated rings. The normalized spacial score (nSPS) is 13.1. The van der Waals surface area contributed by atoms with Crippen LogP contribution < -0.4 is 14.9 Å². The molecule has 0 bridgehead atoms. The Hall–Kier alpha value is -4.39. The van der Waals surface area contributed by atoms with E-state index in [2.05, 4.69) is 31.3 Å². The van der Waals surface area contributed by atoms with Crippen molar-refractivity contribution in [2.75, 3.05) is 13.2 Å². The lowest BCUT2D eigenvalue weighted by Crippen LogP contribution is -2.18. The average Bonchev–Trinajstić information content (AvgIpc) is 3.32. The van der Waals surface area contributed by atoms with Crippen LogP contribution in [-0.2, 0) is 5.41 Å². The quantitative estimate of drug-likeness (QED) is 0.308. The van der Waals surface area contributed by atoms with Crippen molar-refractivity contribution in [2.45, 2.75) is 26.2 Å². The number of nitrogens with zero attached hydrogens (tertiary/aromatic N) is 3. The Bertz CT molecular complexity index is 1400. The lowest BCUT2D eigenvalue weighted by Gasteiger charge is -2.18. The second-order valence-electron chi connectivity index (χ2n) is 9.60. The number of rotatable bonds is 5. The molecule has 3 aromatic carbocycles. The molecule has 2 heterocycles. The highest BCUT2D eigenvalue weighted by molar-refractivity contribution is 5.95. The van der Waals surface area contributed by atoms with E-state index in [0.29, 0.717) is 36.0 Å². The molecule has 5 rings (SSSR count). The molecule has 1 aromatic heterocycles. The van der Waals surface area contributed by atoms with E-state index in [4.69, 9.17) is 14.6 Å². The first kappa shape index (κ1) is 23.4. The monoisotopic (exact) mass is 480 g/mol. The molecular formula is C29H28N4O3. The van der Waals surface area contributed by atoms with E-state index >= 15 is 0 Å². The minimum Gasteiger partial charge on any atom is -0.486 e. The Labute approximate surface area is 210 Å². The minimum atomic E-state index is -0.275. The van der Waals surface area contributed by atoms with Crippen LogP contribution in [-0.4, -0.2) is 35.1 Å². The number of fused-ring (bicyclic) bond motifs is 1. The van der Waals surface area contributed by atoms with Gasteiger partial charge >= 0.3 is 0 Å².